The van der Waals surface area contributed by atoms with Crippen LogP contribution in [-0.2, 0) is 16.0 Å². The summed E-state index contributed by atoms with van der Waals surface area (Å²) in [6.07, 6.45) is 3.52. The number of methoxy groups -OCH3 is 1. The van der Waals surface area contributed by atoms with Crippen molar-refractivity contribution >= 4 is 22.8 Å². The fourth-order valence-corrected chi connectivity index (χ4v) is 3.57. The lowest BCUT2D eigenvalue weighted by Crippen LogP contribution is -2.43. The van der Waals surface area contributed by atoms with Gasteiger partial charge in [0.15, 0.2) is 0 Å². The van der Waals surface area contributed by atoms with E-state index in [1.807, 2.05) is 30.5 Å². The molecule has 2 N–H and O–H groups in total. The molecule has 158 valence electrons. The Labute approximate surface area is 177 Å². The van der Waals surface area contributed by atoms with Crippen LogP contribution in [0.15, 0.2) is 60.9 Å². The zero-order valence-corrected chi connectivity index (χ0v) is 17.1. The van der Waals surface area contributed by atoms with Crippen molar-refractivity contribution in [2.24, 2.45) is 0 Å². The number of halogens is 1. The van der Waals surface area contributed by atoms with Crippen LogP contribution in [0.4, 0.5) is 4.39 Å². The molecule has 0 aliphatic heterocycles. The highest BCUT2D eigenvalue weighted by molar-refractivity contribution is 5.98. The molecule has 7 nitrogen and oxygen atoms in total. The molecule has 0 aliphatic rings. The summed E-state index contributed by atoms with van der Waals surface area (Å²) >= 11 is 0. The molecule has 0 saturated carbocycles. The number of benzene rings is 2. The van der Waals surface area contributed by atoms with Crippen LogP contribution in [0.25, 0.3) is 16.6 Å². The zero-order valence-electron chi connectivity index (χ0n) is 17.1. The van der Waals surface area contributed by atoms with E-state index in [4.69, 9.17) is 4.74 Å². The molecule has 1 amide bonds. The molecule has 4 aromatic rings. The number of carbonyl (C=O) groups excluding carboxylic acids is 2. The maximum atomic E-state index is 13.2. The maximum absolute atomic E-state index is 13.2. The van der Waals surface area contributed by atoms with E-state index in [0.29, 0.717) is 16.9 Å². The van der Waals surface area contributed by atoms with Crippen molar-refractivity contribution < 1.29 is 18.7 Å². The number of aromatic nitrogens is 3. The van der Waals surface area contributed by atoms with Crippen molar-refractivity contribution in [3.8, 4) is 5.69 Å². The molecule has 0 unspecified atom stereocenters. The molecule has 1 atom stereocenters. The summed E-state index contributed by atoms with van der Waals surface area (Å²) in [5, 5.41) is 7.98. The van der Waals surface area contributed by atoms with E-state index in [1.165, 1.54) is 25.4 Å². The maximum Gasteiger partial charge on any atom is 0.328 e. The zero-order chi connectivity index (χ0) is 22.0. The molecule has 4 rings (SSSR count). The summed E-state index contributed by atoms with van der Waals surface area (Å²) in [6, 6.07) is 12.7. The predicted octanol–water partition coefficient (Wildman–Crippen LogP) is 3.32. The highest BCUT2D eigenvalue weighted by Gasteiger charge is 2.25. The first kappa shape index (κ1) is 20.3. The SMILES string of the molecule is COC(=O)[C@@H](Cc1c[nH]c2ccccc12)NC(=O)c1cnn(-c2ccc(F)cc2)c1C. The summed E-state index contributed by atoms with van der Waals surface area (Å²) < 4.78 is 19.7. The minimum atomic E-state index is -0.870. The fraction of sp³-hybridized carbons (Fsp3) is 0.174. The molecule has 31 heavy (non-hydrogen) atoms. The molecule has 0 saturated heterocycles. The normalized spacial score (nSPS) is 12.0. The second kappa shape index (κ2) is 8.43. The summed E-state index contributed by atoms with van der Waals surface area (Å²) in [6.45, 7) is 1.73. The first-order valence-electron chi connectivity index (χ1n) is 9.72. The Morgan fingerprint density at radius 2 is 1.94 bits per heavy atom. The number of H-pyrrole nitrogens is 1. The first-order valence-corrected chi connectivity index (χ1v) is 9.72. The predicted molar refractivity (Wildman–Crippen MR) is 114 cm³/mol. The van der Waals surface area contributed by atoms with E-state index in [-0.39, 0.29) is 12.2 Å². The van der Waals surface area contributed by atoms with Crippen LogP contribution in [0.3, 0.4) is 0 Å². The van der Waals surface area contributed by atoms with Gasteiger partial charge in [0.05, 0.1) is 30.3 Å². The second-order valence-electron chi connectivity index (χ2n) is 7.14. The number of hydrogen-bond acceptors (Lipinski definition) is 4. The molecule has 2 heterocycles. The third-order valence-electron chi connectivity index (χ3n) is 5.22. The van der Waals surface area contributed by atoms with E-state index < -0.39 is 17.9 Å². The van der Waals surface area contributed by atoms with Crippen LogP contribution < -0.4 is 5.32 Å². The van der Waals surface area contributed by atoms with E-state index in [9.17, 15) is 14.0 Å². The molecule has 0 spiro atoms. The van der Waals surface area contributed by atoms with E-state index in [0.717, 1.165) is 16.5 Å². The van der Waals surface area contributed by atoms with Gasteiger partial charge >= 0.3 is 5.97 Å². The van der Waals surface area contributed by atoms with Crippen molar-refractivity contribution in [2.75, 3.05) is 7.11 Å². The molecule has 0 bridgehead atoms. The van der Waals surface area contributed by atoms with Gasteiger partial charge in [0, 0.05) is 23.5 Å². The van der Waals surface area contributed by atoms with Gasteiger partial charge in [-0.15, -0.1) is 0 Å². The molecular weight excluding hydrogens is 399 g/mol. The van der Waals surface area contributed by atoms with Crippen LogP contribution in [-0.4, -0.2) is 39.8 Å². The quantitative estimate of drug-likeness (QED) is 0.469. The Balaban J connectivity index is 1.57. The first-order chi connectivity index (χ1) is 15.0. The average molecular weight is 420 g/mol. The van der Waals surface area contributed by atoms with Crippen LogP contribution in [0, 0.1) is 12.7 Å². The monoisotopic (exact) mass is 420 g/mol. The van der Waals surface area contributed by atoms with Gasteiger partial charge in [0.1, 0.15) is 11.9 Å². The van der Waals surface area contributed by atoms with Crippen LogP contribution in [0.5, 0.6) is 0 Å². The van der Waals surface area contributed by atoms with Gasteiger partial charge in [-0.25, -0.2) is 13.9 Å². The number of esters is 1. The minimum Gasteiger partial charge on any atom is -0.467 e. The largest absolute Gasteiger partial charge is 0.467 e. The number of ether oxygens (including phenoxy) is 1. The minimum absolute atomic E-state index is 0.271. The third kappa shape index (κ3) is 4.05. The van der Waals surface area contributed by atoms with Crippen LogP contribution >= 0.6 is 0 Å². The van der Waals surface area contributed by atoms with Gasteiger partial charge in [-0.05, 0) is 42.8 Å². The van der Waals surface area contributed by atoms with Crippen molar-refractivity contribution in [3.05, 3.63) is 83.6 Å². The molecule has 0 fully saturated rings. The number of fused-ring (bicyclic) bond motifs is 1. The van der Waals surface area contributed by atoms with Crippen molar-refractivity contribution in [1.82, 2.24) is 20.1 Å². The number of hydrogen-bond donors (Lipinski definition) is 2. The van der Waals surface area contributed by atoms with E-state index in [1.54, 1.807) is 23.7 Å². The fourth-order valence-electron chi connectivity index (χ4n) is 3.57. The van der Waals surface area contributed by atoms with Gasteiger partial charge in [0.25, 0.3) is 5.91 Å². The summed E-state index contributed by atoms with van der Waals surface area (Å²) in [5.41, 5.74) is 3.35. The standard InChI is InChI=1S/C23H21FN4O3/c1-14-19(13-26-28(14)17-9-7-16(24)8-10-17)22(29)27-21(23(30)31-2)11-15-12-25-20-6-4-3-5-18(15)20/h3-10,12-13,21,25H,11H2,1-2H3,(H,27,29)/t21-/m1/s1. The number of para-hydroxylation sites is 1. The lowest BCUT2D eigenvalue weighted by atomic mass is 10.0. The number of aromatic amines is 1. The Morgan fingerprint density at radius 3 is 2.68 bits per heavy atom. The number of nitrogens with zero attached hydrogens (tertiary/aromatic N) is 2. The average Bonchev–Trinajstić information content (AvgIpc) is 3.37. The molecule has 2 aromatic carbocycles. The van der Waals surface area contributed by atoms with E-state index in [2.05, 4.69) is 15.4 Å². The van der Waals surface area contributed by atoms with Gasteiger partial charge < -0.3 is 15.0 Å². The number of rotatable bonds is 6. The summed E-state index contributed by atoms with van der Waals surface area (Å²) in [4.78, 5) is 28.5. The van der Waals surface area contributed by atoms with Crippen molar-refractivity contribution in [1.29, 1.82) is 0 Å². The lowest BCUT2D eigenvalue weighted by molar-refractivity contribution is -0.142. The van der Waals surface area contributed by atoms with Crippen LogP contribution in [0.2, 0.25) is 0 Å². The summed E-state index contributed by atoms with van der Waals surface area (Å²) in [7, 11) is 1.29. The molecule has 0 radical (unpaired) electrons. The van der Waals surface area contributed by atoms with Gasteiger partial charge in [-0.2, -0.15) is 5.10 Å². The van der Waals surface area contributed by atoms with E-state index >= 15 is 0 Å². The highest BCUT2D eigenvalue weighted by Crippen LogP contribution is 2.20. The summed E-state index contributed by atoms with van der Waals surface area (Å²) in [5.74, 6) is -1.34. The van der Waals surface area contributed by atoms with Crippen molar-refractivity contribution in [2.45, 2.75) is 19.4 Å². The highest BCUT2D eigenvalue weighted by atomic mass is 19.1. The molecular formula is C23H21FN4O3. The van der Waals surface area contributed by atoms with Gasteiger partial charge in [-0.1, -0.05) is 18.2 Å². The smallest absolute Gasteiger partial charge is 0.328 e. The lowest BCUT2D eigenvalue weighted by Gasteiger charge is -2.16. The van der Waals surface area contributed by atoms with Crippen LogP contribution in [0.1, 0.15) is 21.6 Å². The Hall–Kier alpha value is -3.94. The molecule has 0 aliphatic carbocycles. The Bertz CT molecular complexity index is 1240. The van der Waals surface area contributed by atoms with Gasteiger partial charge in [-0.3, -0.25) is 4.79 Å². The van der Waals surface area contributed by atoms with Crippen molar-refractivity contribution in [3.63, 3.8) is 0 Å². The number of nitrogens with one attached hydrogen (secondary N) is 2. The number of carbonyl (C=O) groups is 2. The topological polar surface area (TPSA) is 89.0 Å². The molecule has 8 heteroatoms. The Kier molecular flexibility index (Phi) is 5.53. The Morgan fingerprint density at radius 1 is 1.19 bits per heavy atom. The second-order valence-corrected chi connectivity index (χ2v) is 7.14. The van der Waals surface area contributed by atoms with Gasteiger partial charge in [0.2, 0.25) is 0 Å². The molecule has 2 aromatic heterocycles. The number of amides is 1. The third-order valence-corrected chi connectivity index (χ3v) is 5.22.